The molecule has 10 heterocycles. The average molecular weight is 1170 g/mol. The van der Waals surface area contributed by atoms with Gasteiger partial charge in [-0.2, -0.15) is 0 Å². The van der Waals surface area contributed by atoms with Crippen LogP contribution in [0.5, 0.6) is 0 Å². The fourth-order valence-corrected chi connectivity index (χ4v) is 32.2. The lowest BCUT2D eigenvalue weighted by Crippen LogP contribution is -2.78. The first-order chi connectivity index (χ1) is 41.0. The number of aliphatic hydroxyl groups is 1. The number of benzene rings is 1. The Balaban J connectivity index is 0.877. The molecule has 7 saturated carbocycles. The molecular formula is C74H93N3O5S2. The second-order valence-electron chi connectivity index (χ2n) is 33.3. The number of allylic oxidation sites excluding steroid dienone is 5. The number of hydrogen-bond donors (Lipinski definition) is 2. The molecule has 1 unspecified atom stereocenters. The summed E-state index contributed by atoms with van der Waals surface area (Å²) < 4.78 is 15.3. The number of esters is 2. The number of nitrogens with zero attached hydrogens (tertiary/aromatic N) is 2. The molecule has 23 rings (SSSR count). The zero-order valence-corrected chi connectivity index (χ0v) is 52.0. The Morgan fingerprint density at radius 3 is 2.64 bits per heavy atom. The molecule has 0 aromatic heterocycles. The lowest BCUT2D eigenvalue weighted by Gasteiger charge is -2.75. The van der Waals surface area contributed by atoms with Gasteiger partial charge >= 0.3 is 11.9 Å². The number of rotatable bonds is 4. The summed E-state index contributed by atoms with van der Waals surface area (Å²) in [6.45, 7) is 6.56. The molecule has 84 heavy (non-hydrogen) atoms. The summed E-state index contributed by atoms with van der Waals surface area (Å²) in [4.78, 5) is 39.3. The van der Waals surface area contributed by atoms with Crippen LogP contribution < -0.4 is 5.73 Å². The van der Waals surface area contributed by atoms with Crippen molar-refractivity contribution in [2.75, 3.05) is 37.7 Å². The standard InChI is InChI=1S/C74H93N3O5S2/c1-42-28-45-16-17-56-48-29-43-35-76(37-48)59(67-25-18-50-13-7-22-70(50)23-9-24-71(70,41-67)68(40-67)20-4-5-21-68)32-57(78)64-72-26-19-52-61-54-34-69(42,62(52)63(45)77(56)36-43)33-49-39-84-83-38-46-10-2-3-14-51(46)47(30-53(49)54)31-58(73(61,72)66(80)81-64)74(72)55-15-6-11-44(12-8-27-75)60(55)65(79)82-74/h6,11,15,18,25,30,42-43,46-51,54,56,58-59,62,78H,2-5,7-10,12-14,16-17,19-24,26-29,31-41,75H2,1H3/b53-30?,64-57+/t42-,43+,46+,47+,48-,49+,50-,51-,54+,56-,58+,59-,62-,67+,69+,70+,71-,72-,73-,74-/m1/s1. The van der Waals surface area contributed by atoms with Gasteiger partial charge in [-0.3, -0.25) is 9.69 Å². The molecule has 0 radical (unpaired) electrons. The van der Waals surface area contributed by atoms with E-state index in [1.165, 1.54) is 146 Å². The third-order valence-electron chi connectivity index (χ3n) is 31.4. The Bertz CT molecular complexity index is 3300. The van der Waals surface area contributed by atoms with E-state index in [0.29, 0.717) is 101 Å². The fraction of sp³-hybridized carbons (Fsp3) is 0.757. The molecule has 10 fully saturated rings. The summed E-state index contributed by atoms with van der Waals surface area (Å²) in [5, 5.41) is 14.6. The summed E-state index contributed by atoms with van der Waals surface area (Å²) in [6.07, 6.45) is 41.6. The molecule has 7 spiro atoms. The van der Waals surface area contributed by atoms with E-state index in [9.17, 15) is 5.11 Å². The van der Waals surface area contributed by atoms with Gasteiger partial charge in [0.15, 0.2) is 11.4 Å². The Hall–Kier alpha value is -2.92. The van der Waals surface area contributed by atoms with Gasteiger partial charge in [-0.15, -0.1) is 0 Å². The number of ether oxygens (including phenoxy) is 2. The molecule has 1 aromatic carbocycles. The van der Waals surface area contributed by atoms with Crippen LogP contribution >= 0.6 is 21.6 Å². The smallest absolute Gasteiger partial charge is 0.339 e. The van der Waals surface area contributed by atoms with Gasteiger partial charge in [-0.05, 0) is 222 Å². The van der Waals surface area contributed by atoms with E-state index in [1.807, 2.05) is 0 Å². The van der Waals surface area contributed by atoms with E-state index >= 15 is 9.59 Å². The molecule has 3 N–H and O–H groups in total. The van der Waals surface area contributed by atoms with Crippen molar-refractivity contribution in [2.24, 2.45) is 109 Å². The summed E-state index contributed by atoms with van der Waals surface area (Å²) in [7, 11) is 4.37. The second-order valence-corrected chi connectivity index (χ2v) is 35.9. The third-order valence-corrected chi connectivity index (χ3v) is 34.0. The van der Waals surface area contributed by atoms with Crippen LogP contribution in [0, 0.1) is 103 Å². The number of fused-ring (bicyclic) bond motifs is 7. The number of carbonyl (C=O) groups is 2. The molecule has 0 amide bonds. The SMILES string of the molecule is C[C@@H]1CC2=C3[C@H]4C5=C6[C@H]7C[C@]41C[C@H]1CSSC[C@@H]4CCCC[C@H]4[C@@H](C=C17)C[C@H]1[C@]64C(=O)O/C(=C(/O)C[C@H]([C@]67C=C[C@H]8CCC[C@]89CCC[C@@]9(C6)C6(CCCC6)C7)N6C[C@@H]7C[C@H](C6)[C@@H](CC2)N3C7)[C@@]4(CC5)[C@]12OC(=O)c1c(CCCN)cccc12. The van der Waals surface area contributed by atoms with Crippen molar-refractivity contribution < 1.29 is 24.2 Å². The van der Waals surface area contributed by atoms with Gasteiger partial charge in [0.05, 0.1) is 11.0 Å². The Morgan fingerprint density at radius 2 is 1.74 bits per heavy atom. The minimum absolute atomic E-state index is 0.0754. The van der Waals surface area contributed by atoms with Crippen molar-refractivity contribution in [3.8, 4) is 0 Å². The Morgan fingerprint density at radius 1 is 0.857 bits per heavy atom. The maximum absolute atomic E-state index is 17.3. The number of aryl methyl sites for hydroxylation is 1. The van der Waals surface area contributed by atoms with Gasteiger partial charge in [-0.25, -0.2) is 4.79 Å². The molecule has 1 aromatic rings. The molecule has 22 aliphatic rings. The normalized spacial score (nSPS) is 52.2. The van der Waals surface area contributed by atoms with Crippen LogP contribution in [0.1, 0.15) is 202 Å². The van der Waals surface area contributed by atoms with E-state index in [2.05, 4.69) is 74.7 Å². The van der Waals surface area contributed by atoms with Crippen molar-refractivity contribution in [1.29, 1.82) is 0 Å². The van der Waals surface area contributed by atoms with Crippen molar-refractivity contribution in [2.45, 2.75) is 204 Å². The van der Waals surface area contributed by atoms with E-state index in [0.717, 1.165) is 67.8 Å². The van der Waals surface area contributed by atoms with Gasteiger partial charge in [0, 0.05) is 84.1 Å². The van der Waals surface area contributed by atoms with Crippen LogP contribution in [0.15, 0.2) is 75.9 Å². The molecule has 3 saturated heterocycles. The molecule has 10 heteroatoms. The third kappa shape index (κ3) is 5.77. The minimum Gasteiger partial charge on any atom is -0.509 e. The first-order valence-corrected chi connectivity index (χ1v) is 37.8. The Labute approximate surface area is 508 Å². The molecule has 10 aliphatic heterocycles. The molecule has 12 aliphatic carbocycles. The van der Waals surface area contributed by atoms with Crippen molar-refractivity contribution in [3.05, 3.63) is 92.6 Å². The monoisotopic (exact) mass is 1170 g/mol. The highest BCUT2D eigenvalue weighted by Crippen LogP contribution is 2.90. The number of carbonyl (C=O) groups excluding carboxylic acids is 2. The lowest BCUT2D eigenvalue weighted by atomic mass is 9.26. The van der Waals surface area contributed by atoms with Gasteiger partial charge in [-0.1, -0.05) is 120 Å². The quantitative estimate of drug-likeness (QED) is 0.172. The Kier molecular flexibility index (Phi) is 10.7. The summed E-state index contributed by atoms with van der Waals surface area (Å²) in [6, 6.07) is 7.21. The summed E-state index contributed by atoms with van der Waals surface area (Å²) >= 11 is 0. The van der Waals surface area contributed by atoms with E-state index < -0.39 is 16.4 Å². The zero-order chi connectivity index (χ0) is 55.7. The number of nitrogens with two attached hydrogens (primary N) is 1. The van der Waals surface area contributed by atoms with Crippen molar-refractivity contribution in [1.82, 2.24) is 9.80 Å². The number of piperidine rings is 2. The molecule has 446 valence electrons. The van der Waals surface area contributed by atoms with Gasteiger partial charge in [0.2, 0.25) is 0 Å². The fourth-order valence-electron chi connectivity index (χ4n) is 29.4. The number of hydrogen-bond acceptors (Lipinski definition) is 10. The summed E-state index contributed by atoms with van der Waals surface area (Å²) in [5.41, 5.74) is 15.0. The lowest BCUT2D eigenvalue weighted by molar-refractivity contribution is -0.284. The van der Waals surface area contributed by atoms with Crippen molar-refractivity contribution >= 4 is 33.5 Å². The highest BCUT2D eigenvalue weighted by Gasteiger charge is 2.95. The van der Waals surface area contributed by atoms with E-state index in [-0.39, 0.29) is 52.5 Å². The van der Waals surface area contributed by atoms with Crippen LogP contribution in [-0.4, -0.2) is 76.6 Å². The van der Waals surface area contributed by atoms with Crippen LogP contribution in [0.4, 0.5) is 0 Å². The largest absolute Gasteiger partial charge is 0.509 e. The van der Waals surface area contributed by atoms with Gasteiger partial charge < -0.3 is 25.2 Å². The summed E-state index contributed by atoms with van der Waals surface area (Å²) in [5.74, 6) is 7.13. The predicted octanol–water partition coefficient (Wildman–Crippen LogP) is 15.1. The molecule has 8 nitrogen and oxygen atoms in total. The molecule has 21 atom stereocenters. The van der Waals surface area contributed by atoms with Crippen LogP contribution in [0.3, 0.4) is 0 Å². The van der Waals surface area contributed by atoms with E-state index in [1.54, 1.807) is 22.4 Å². The van der Waals surface area contributed by atoms with Gasteiger partial charge in [0.1, 0.15) is 11.2 Å². The molecular weight excluding hydrogens is 1070 g/mol. The van der Waals surface area contributed by atoms with Crippen molar-refractivity contribution in [3.63, 3.8) is 0 Å². The predicted molar refractivity (Wildman–Crippen MR) is 330 cm³/mol. The first kappa shape index (κ1) is 51.9. The topological polar surface area (TPSA) is 105 Å². The maximum Gasteiger partial charge on any atom is 0.339 e. The maximum atomic E-state index is 17.3. The highest BCUT2D eigenvalue weighted by molar-refractivity contribution is 8.76. The zero-order valence-electron chi connectivity index (χ0n) is 50.4. The second kappa shape index (κ2) is 17.3. The minimum atomic E-state index is -1.17. The molecule has 18 bridgehead atoms. The van der Waals surface area contributed by atoms with Gasteiger partial charge in [0.25, 0.3) is 0 Å². The van der Waals surface area contributed by atoms with Crippen LogP contribution in [-0.2, 0) is 26.3 Å². The van der Waals surface area contributed by atoms with Crippen LogP contribution in [0.25, 0.3) is 0 Å². The number of aliphatic hydroxyl groups excluding tert-OH is 1. The van der Waals surface area contributed by atoms with Crippen LogP contribution in [0.2, 0.25) is 0 Å². The average Bonchev–Trinajstić information content (AvgIpc) is 1.27. The highest BCUT2D eigenvalue weighted by atomic mass is 33.1. The van der Waals surface area contributed by atoms with E-state index in [4.69, 9.17) is 15.2 Å². The first-order valence-electron chi connectivity index (χ1n) is 35.3.